The van der Waals surface area contributed by atoms with E-state index in [-0.39, 0.29) is 6.03 Å². The van der Waals surface area contributed by atoms with Crippen molar-refractivity contribution in [3.8, 4) is 0 Å². The number of benzene rings is 1. The molecule has 0 bridgehead atoms. The minimum atomic E-state index is 0.101. The van der Waals surface area contributed by atoms with Gasteiger partial charge >= 0.3 is 6.03 Å². The molecule has 2 heterocycles. The minimum absolute atomic E-state index is 0.101. The number of rotatable bonds is 5. The highest BCUT2D eigenvalue weighted by molar-refractivity contribution is 5.74. The maximum Gasteiger partial charge on any atom is 0.317 e. The van der Waals surface area contributed by atoms with E-state index in [1.54, 1.807) is 0 Å². The molecule has 5 heteroatoms. The molecular weight excluding hydrogens is 312 g/mol. The fraction of sp³-hybridized carbons (Fsp3) is 0.650. The van der Waals surface area contributed by atoms with Crippen molar-refractivity contribution in [3.05, 3.63) is 29.8 Å². The van der Waals surface area contributed by atoms with Gasteiger partial charge in [-0.2, -0.15) is 0 Å². The molecule has 2 amide bonds. The lowest BCUT2D eigenvalue weighted by Gasteiger charge is -2.37. The molecule has 2 aliphatic heterocycles. The van der Waals surface area contributed by atoms with Crippen molar-refractivity contribution in [3.63, 3.8) is 0 Å². The Kier molecular flexibility index (Phi) is 6.19. The normalized spacial score (nSPS) is 21.6. The number of nitrogens with one attached hydrogen (secondary N) is 1. The van der Waals surface area contributed by atoms with Crippen LogP contribution in [0.5, 0.6) is 0 Å². The summed E-state index contributed by atoms with van der Waals surface area (Å²) in [6, 6.07) is 9.36. The van der Waals surface area contributed by atoms with E-state index in [1.807, 2.05) is 4.90 Å². The Morgan fingerprint density at radius 3 is 2.60 bits per heavy atom. The van der Waals surface area contributed by atoms with Gasteiger partial charge < -0.3 is 20.0 Å². The van der Waals surface area contributed by atoms with Gasteiger partial charge in [-0.3, -0.25) is 0 Å². The zero-order chi connectivity index (χ0) is 17.6. The Hall–Kier alpha value is -1.75. The number of carbonyl (C=O) groups excluding carboxylic acids is 1. The lowest BCUT2D eigenvalue weighted by molar-refractivity contribution is 0.192. The number of hydrogen-bond acceptors (Lipinski definition) is 3. The second-order valence-corrected chi connectivity index (χ2v) is 7.25. The van der Waals surface area contributed by atoms with Crippen molar-refractivity contribution < 1.29 is 4.79 Å². The van der Waals surface area contributed by atoms with Crippen molar-refractivity contribution >= 4 is 11.7 Å². The summed E-state index contributed by atoms with van der Waals surface area (Å²) in [7, 11) is 2.19. The van der Waals surface area contributed by atoms with Crippen LogP contribution in [0.2, 0.25) is 0 Å². The van der Waals surface area contributed by atoms with E-state index in [2.05, 4.69) is 53.4 Å². The van der Waals surface area contributed by atoms with Crippen LogP contribution in [-0.4, -0.2) is 68.2 Å². The number of aryl methyl sites for hydroxylation is 1. The summed E-state index contributed by atoms with van der Waals surface area (Å²) >= 11 is 0. The molecule has 3 rings (SSSR count). The van der Waals surface area contributed by atoms with Gasteiger partial charge in [0.1, 0.15) is 0 Å². The molecule has 5 nitrogen and oxygen atoms in total. The van der Waals surface area contributed by atoms with Gasteiger partial charge in [0, 0.05) is 44.5 Å². The molecule has 1 atom stereocenters. The molecule has 0 unspecified atom stereocenters. The summed E-state index contributed by atoms with van der Waals surface area (Å²) in [5.41, 5.74) is 2.72. The van der Waals surface area contributed by atoms with E-state index < -0.39 is 0 Å². The van der Waals surface area contributed by atoms with Crippen molar-refractivity contribution in [2.75, 3.05) is 51.2 Å². The predicted molar refractivity (Wildman–Crippen MR) is 103 cm³/mol. The maximum atomic E-state index is 12.4. The highest BCUT2D eigenvalue weighted by atomic mass is 16.2. The zero-order valence-electron chi connectivity index (χ0n) is 15.7. The fourth-order valence-electron chi connectivity index (χ4n) is 4.07. The summed E-state index contributed by atoms with van der Waals surface area (Å²) < 4.78 is 0. The van der Waals surface area contributed by atoms with Gasteiger partial charge in [-0.25, -0.2) is 4.79 Å². The van der Waals surface area contributed by atoms with Gasteiger partial charge in [-0.1, -0.05) is 25.1 Å². The monoisotopic (exact) mass is 344 g/mol. The average Bonchev–Trinajstić information content (AvgIpc) is 3.06. The maximum absolute atomic E-state index is 12.4. The summed E-state index contributed by atoms with van der Waals surface area (Å²) in [5.74, 6) is 0. The molecule has 1 aromatic rings. The summed E-state index contributed by atoms with van der Waals surface area (Å²) in [4.78, 5) is 19.2. The van der Waals surface area contributed by atoms with Crippen LogP contribution in [0, 0.1) is 0 Å². The van der Waals surface area contributed by atoms with Crippen LogP contribution in [0.15, 0.2) is 24.3 Å². The number of anilines is 1. The standard InChI is InChI=1S/C20H32N4O/c1-3-17-7-4-5-9-19(17)23-13-15-24(16-14-23)20(25)21-11-10-18-8-6-12-22(18)2/h4-5,7,9,18H,3,6,8,10-16H2,1-2H3,(H,21,25)/t18-/m1/s1. The van der Waals surface area contributed by atoms with Gasteiger partial charge in [0.25, 0.3) is 0 Å². The Balaban J connectivity index is 1.43. The smallest absolute Gasteiger partial charge is 0.317 e. The average molecular weight is 345 g/mol. The molecule has 0 saturated carbocycles. The van der Waals surface area contributed by atoms with E-state index in [0.29, 0.717) is 6.04 Å². The molecule has 0 aromatic heterocycles. The number of nitrogens with zero attached hydrogens (tertiary/aromatic N) is 3. The molecule has 2 fully saturated rings. The molecule has 2 aliphatic rings. The van der Waals surface area contributed by atoms with Gasteiger partial charge in [0.05, 0.1) is 0 Å². The predicted octanol–water partition coefficient (Wildman–Crippen LogP) is 2.56. The Bertz CT molecular complexity index is 569. The molecule has 25 heavy (non-hydrogen) atoms. The summed E-state index contributed by atoms with van der Waals surface area (Å²) in [6.07, 6.45) is 4.66. The first-order valence-corrected chi connectivity index (χ1v) is 9.75. The largest absolute Gasteiger partial charge is 0.368 e. The van der Waals surface area contributed by atoms with Gasteiger partial charge in [-0.15, -0.1) is 0 Å². The second-order valence-electron chi connectivity index (χ2n) is 7.25. The zero-order valence-corrected chi connectivity index (χ0v) is 15.7. The lowest BCUT2D eigenvalue weighted by atomic mass is 10.1. The number of piperazine rings is 1. The van der Waals surface area contributed by atoms with Crippen LogP contribution < -0.4 is 10.2 Å². The van der Waals surface area contributed by atoms with Crippen molar-refractivity contribution in [1.82, 2.24) is 15.1 Å². The first-order valence-electron chi connectivity index (χ1n) is 9.75. The van der Waals surface area contributed by atoms with E-state index in [1.165, 1.54) is 30.6 Å². The topological polar surface area (TPSA) is 38.8 Å². The third-order valence-electron chi connectivity index (χ3n) is 5.71. The number of para-hydroxylation sites is 1. The fourth-order valence-corrected chi connectivity index (χ4v) is 4.07. The van der Waals surface area contributed by atoms with Crippen LogP contribution in [0.25, 0.3) is 0 Å². The summed E-state index contributed by atoms with van der Waals surface area (Å²) in [5, 5.41) is 3.12. The van der Waals surface area contributed by atoms with E-state index >= 15 is 0 Å². The number of hydrogen-bond donors (Lipinski definition) is 1. The van der Waals surface area contributed by atoms with Crippen molar-refractivity contribution in [1.29, 1.82) is 0 Å². The third kappa shape index (κ3) is 4.46. The van der Waals surface area contributed by atoms with Gasteiger partial charge in [0.2, 0.25) is 0 Å². The third-order valence-corrected chi connectivity index (χ3v) is 5.71. The highest BCUT2D eigenvalue weighted by Gasteiger charge is 2.23. The molecule has 138 valence electrons. The SMILES string of the molecule is CCc1ccccc1N1CCN(C(=O)NCC[C@H]2CCCN2C)CC1. The van der Waals surface area contributed by atoms with Crippen molar-refractivity contribution in [2.45, 2.75) is 38.6 Å². The van der Waals surface area contributed by atoms with Crippen LogP contribution in [0.3, 0.4) is 0 Å². The number of amides is 2. The molecule has 0 spiro atoms. The second kappa shape index (κ2) is 8.56. The van der Waals surface area contributed by atoms with E-state index in [4.69, 9.17) is 0 Å². The molecule has 1 aromatic carbocycles. The first-order chi connectivity index (χ1) is 12.2. The Morgan fingerprint density at radius 2 is 1.92 bits per heavy atom. The minimum Gasteiger partial charge on any atom is -0.368 e. The highest BCUT2D eigenvalue weighted by Crippen LogP contribution is 2.22. The number of urea groups is 1. The van der Waals surface area contributed by atoms with Gasteiger partial charge in [0.15, 0.2) is 0 Å². The molecule has 1 N–H and O–H groups in total. The lowest BCUT2D eigenvalue weighted by Crippen LogP contribution is -2.52. The quantitative estimate of drug-likeness (QED) is 0.892. The molecule has 0 aliphatic carbocycles. The number of carbonyl (C=O) groups is 1. The Morgan fingerprint density at radius 1 is 1.16 bits per heavy atom. The Labute approximate surface area is 152 Å². The van der Waals surface area contributed by atoms with Crippen LogP contribution in [0.1, 0.15) is 31.7 Å². The molecular formula is C20H32N4O. The summed E-state index contributed by atoms with van der Waals surface area (Å²) in [6.45, 7) is 7.60. The van der Waals surface area contributed by atoms with E-state index in [9.17, 15) is 4.79 Å². The molecule has 0 radical (unpaired) electrons. The first kappa shape index (κ1) is 18.1. The van der Waals surface area contributed by atoms with Gasteiger partial charge in [-0.05, 0) is 50.9 Å². The van der Waals surface area contributed by atoms with Crippen LogP contribution >= 0.6 is 0 Å². The van der Waals surface area contributed by atoms with Crippen LogP contribution in [-0.2, 0) is 6.42 Å². The number of likely N-dealkylation sites (tertiary alicyclic amines) is 1. The molecule has 2 saturated heterocycles. The van der Waals surface area contributed by atoms with E-state index in [0.717, 1.165) is 45.6 Å². The van der Waals surface area contributed by atoms with Crippen LogP contribution in [0.4, 0.5) is 10.5 Å². The van der Waals surface area contributed by atoms with Crippen molar-refractivity contribution in [2.24, 2.45) is 0 Å².